The summed E-state index contributed by atoms with van der Waals surface area (Å²) in [5.74, 6) is -0.778. The van der Waals surface area contributed by atoms with Crippen LogP contribution in [0.3, 0.4) is 0 Å². The van der Waals surface area contributed by atoms with Gasteiger partial charge in [-0.2, -0.15) is 5.10 Å². The Bertz CT molecular complexity index is 1110. The van der Waals surface area contributed by atoms with Gasteiger partial charge in [0.15, 0.2) is 0 Å². The molecule has 0 aromatic heterocycles. The van der Waals surface area contributed by atoms with Gasteiger partial charge in [0.2, 0.25) is 0 Å². The first-order valence-corrected chi connectivity index (χ1v) is 8.24. The van der Waals surface area contributed by atoms with E-state index in [-0.39, 0.29) is 11.3 Å². The first-order valence-electron chi connectivity index (χ1n) is 8.24. The maximum Gasteiger partial charge on any atom is 0.308 e. The minimum Gasteiger partial charge on any atom is -0.426 e. The van der Waals surface area contributed by atoms with Crippen LogP contribution in [0.15, 0.2) is 65.8 Å². The molecule has 0 unspecified atom stereocenters. The molecular formula is C20H15N3O5. The largest absolute Gasteiger partial charge is 0.426 e. The molecule has 3 aromatic carbocycles. The second kappa shape index (κ2) is 8.09. The number of carbonyl (C=O) groups excluding carboxylic acids is 2. The number of hydrogen-bond donors (Lipinski definition) is 1. The lowest BCUT2D eigenvalue weighted by Crippen LogP contribution is -2.17. The quantitative estimate of drug-likeness (QED) is 0.241. The van der Waals surface area contributed by atoms with Crippen LogP contribution in [0.2, 0.25) is 0 Å². The van der Waals surface area contributed by atoms with Gasteiger partial charge in [0.25, 0.3) is 11.6 Å². The van der Waals surface area contributed by atoms with Gasteiger partial charge < -0.3 is 4.74 Å². The number of nitro benzene ring substituents is 1. The molecule has 0 bridgehead atoms. The molecule has 1 N–H and O–H groups in total. The van der Waals surface area contributed by atoms with Crippen LogP contribution in [0.4, 0.5) is 5.69 Å². The zero-order valence-corrected chi connectivity index (χ0v) is 14.8. The van der Waals surface area contributed by atoms with Crippen LogP contribution in [0.1, 0.15) is 22.8 Å². The molecular weight excluding hydrogens is 362 g/mol. The van der Waals surface area contributed by atoms with Crippen molar-refractivity contribution >= 4 is 34.6 Å². The molecule has 28 heavy (non-hydrogen) atoms. The number of nitro groups is 1. The van der Waals surface area contributed by atoms with Crippen LogP contribution in [0.5, 0.6) is 5.75 Å². The topological polar surface area (TPSA) is 111 Å². The maximum absolute atomic E-state index is 12.2. The predicted molar refractivity (Wildman–Crippen MR) is 103 cm³/mol. The Morgan fingerprint density at radius 3 is 2.64 bits per heavy atom. The van der Waals surface area contributed by atoms with E-state index in [1.807, 2.05) is 30.3 Å². The summed E-state index contributed by atoms with van der Waals surface area (Å²) in [6.45, 7) is 1.29. The molecule has 8 nitrogen and oxygen atoms in total. The highest BCUT2D eigenvalue weighted by Crippen LogP contribution is 2.26. The smallest absolute Gasteiger partial charge is 0.308 e. The molecule has 0 heterocycles. The summed E-state index contributed by atoms with van der Waals surface area (Å²) in [5.41, 5.74) is 2.76. The third-order valence-electron chi connectivity index (χ3n) is 3.86. The number of esters is 1. The van der Waals surface area contributed by atoms with E-state index in [4.69, 9.17) is 4.74 Å². The number of hydrogen-bond acceptors (Lipinski definition) is 6. The molecule has 0 saturated heterocycles. The second-order valence-electron chi connectivity index (χ2n) is 5.80. The Labute approximate surface area is 159 Å². The van der Waals surface area contributed by atoms with Crippen LogP contribution in [-0.2, 0) is 4.79 Å². The van der Waals surface area contributed by atoms with Crippen molar-refractivity contribution in [2.75, 3.05) is 0 Å². The monoisotopic (exact) mass is 377 g/mol. The van der Waals surface area contributed by atoms with Crippen molar-refractivity contribution in [3.8, 4) is 5.75 Å². The van der Waals surface area contributed by atoms with Gasteiger partial charge in [-0.05, 0) is 22.9 Å². The lowest BCUT2D eigenvalue weighted by Gasteiger charge is -2.09. The number of ether oxygens (including phenoxy) is 1. The summed E-state index contributed by atoms with van der Waals surface area (Å²) in [5, 5.41) is 16.4. The molecule has 0 spiro atoms. The first-order chi connectivity index (χ1) is 13.5. The zero-order chi connectivity index (χ0) is 20.1. The number of non-ortho nitro benzene ring substituents is 1. The molecule has 3 rings (SSSR count). The van der Waals surface area contributed by atoms with Crippen molar-refractivity contribution in [1.29, 1.82) is 0 Å². The lowest BCUT2D eigenvalue weighted by atomic mass is 10.0. The average molecular weight is 377 g/mol. The minimum atomic E-state index is -0.603. The van der Waals surface area contributed by atoms with E-state index in [9.17, 15) is 19.7 Å². The van der Waals surface area contributed by atoms with Crippen molar-refractivity contribution < 1.29 is 19.2 Å². The van der Waals surface area contributed by atoms with Crippen molar-refractivity contribution in [2.45, 2.75) is 6.92 Å². The predicted octanol–water partition coefficient (Wildman–Crippen LogP) is 3.44. The molecule has 3 aromatic rings. The van der Waals surface area contributed by atoms with Crippen LogP contribution < -0.4 is 10.2 Å². The summed E-state index contributed by atoms with van der Waals surface area (Å²) in [6.07, 6.45) is 1.37. The van der Waals surface area contributed by atoms with Gasteiger partial charge in [-0.1, -0.05) is 36.4 Å². The zero-order valence-electron chi connectivity index (χ0n) is 14.8. The summed E-state index contributed by atoms with van der Waals surface area (Å²) >= 11 is 0. The molecule has 140 valence electrons. The van der Waals surface area contributed by atoms with Crippen molar-refractivity contribution in [3.05, 3.63) is 81.9 Å². The molecule has 0 aliphatic carbocycles. The van der Waals surface area contributed by atoms with Crippen LogP contribution in [-0.4, -0.2) is 23.0 Å². The van der Waals surface area contributed by atoms with Crippen molar-refractivity contribution in [3.63, 3.8) is 0 Å². The number of benzene rings is 3. The lowest BCUT2D eigenvalue weighted by molar-refractivity contribution is -0.384. The molecule has 0 atom stereocenters. The van der Waals surface area contributed by atoms with Crippen LogP contribution in [0.25, 0.3) is 10.8 Å². The van der Waals surface area contributed by atoms with E-state index >= 15 is 0 Å². The minimum absolute atomic E-state index is 0.101. The average Bonchev–Trinajstić information content (AvgIpc) is 2.69. The first kappa shape index (κ1) is 18.7. The molecule has 0 saturated carbocycles. The molecule has 1 amide bonds. The Morgan fingerprint density at radius 2 is 1.89 bits per heavy atom. The Hall–Kier alpha value is -4.07. The van der Waals surface area contributed by atoms with Gasteiger partial charge in [-0.3, -0.25) is 19.7 Å². The number of nitrogens with one attached hydrogen (secondary N) is 1. The summed E-state index contributed by atoms with van der Waals surface area (Å²) in [6, 6.07) is 16.2. The number of rotatable bonds is 5. The van der Waals surface area contributed by atoms with Gasteiger partial charge in [-0.15, -0.1) is 0 Å². The standard InChI is InChI=1S/C20H15N3O5/c1-13(24)28-19-10-9-14-5-2-3-8-17(14)18(19)12-21-22-20(25)15-6-4-7-16(11-15)23(26)27/h2-12H,1H3,(H,22,25)/b21-12+. The Morgan fingerprint density at radius 1 is 1.11 bits per heavy atom. The molecule has 0 fully saturated rings. The van der Waals surface area contributed by atoms with Gasteiger partial charge in [0, 0.05) is 30.2 Å². The molecule has 0 aliphatic heterocycles. The fourth-order valence-electron chi connectivity index (χ4n) is 2.63. The number of amides is 1. The number of fused-ring (bicyclic) bond motifs is 1. The normalized spacial score (nSPS) is 10.8. The van der Waals surface area contributed by atoms with E-state index in [1.54, 1.807) is 6.07 Å². The van der Waals surface area contributed by atoms with Gasteiger partial charge in [0.1, 0.15) is 5.75 Å². The third kappa shape index (κ3) is 4.18. The summed E-state index contributed by atoms with van der Waals surface area (Å²) in [7, 11) is 0. The summed E-state index contributed by atoms with van der Waals surface area (Å²) < 4.78 is 5.22. The van der Waals surface area contributed by atoms with E-state index < -0.39 is 16.8 Å². The highest BCUT2D eigenvalue weighted by Gasteiger charge is 2.12. The third-order valence-corrected chi connectivity index (χ3v) is 3.86. The fourth-order valence-corrected chi connectivity index (χ4v) is 2.63. The second-order valence-corrected chi connectivity index (χ2v) is 5.80. The number of hydrazone groups is 1. The molecule has 8 heteroatoms. The van der Waals surface area contributed by atoms with Crippen molar-refractivity contribution in [1.82, 2.24) is 5.43 Å². The van der Waals surface area contributed by atoms with E-state index in [1.165, 1.54) is 31.3 Å². The van der Waals surface area contributed by atoms with E-state index in [0.29, 0.717) is 11.3 Å². The highest BCUT2D eigenvalue weighted by atomic mass is 16.6. The molecule has 0 aliphatic rings. The fraction of sp³-hybridized carbons (Fsp3) is 0.0500. The van der Waals surface area contributed by atoms with E-state index in [2.05, 4.69) is 10.5 Å². The van der Waals surface area contributed by atoms with Crippen LogP contribution >= 0.6 is 0 Å². The van der Waals surface area contributed by atoms with Gasteiger partial charge >= 0.3 is 5.97 Å². The number of nitrogens with zero attached hydrogens (tertiary/aromatic N) is 2. The Kier molecular flexibility index (Phi) is 5.40. The van der Waals surface area contributed by atoms with Gasteiger partial charge in [-0.25, -0.2) is 5.43 Å². The van der Waals surface area contributed by atoms with Crippen LogP contribution in [0, 0.1) is 10.1 Å². The molecule has 0 radical (unpaired) electrons. The highest BCUT2D eigenvalue weighted by molar-refractivity contribution is 6.03. The Balaban J connectivity index is 1.88. The maximum atomic E-state index is 12.2. The SMILES string of the molecule is CC(=O)Oc1ccc2ccccc2c1/C=N/NC(=O)c1cccc([N+](=O)[O-])c1. The summed E-state index contributed by atoms with van der Waals surface area (Å²) in [4.78, 5) is 33.8. The van der Waals surface area contributed by atoms with Crippen molar-refractivity contribution in [2.24, 2.45) is 5.10 Å². The number of carbonyl (C=O) groups is 2. The van der Waals surface area contributed by atoms with Gasteiger partial charge in [0.05, 0.1) is 11.1 Å². The van der Waals surface area contributed by atoms with E-state index in [0.717, 1.165) is 16.8 Å².